The first-order valence-corrected chi connectivity index (χ1v) is 7.92. The van der Waals surface area contributed by atoms with Crippen molar-refractivity contribution in [1.82, 2.24) is 10.3 Å². The number of hydrogen-bond donors (Lipinski definition) is 2. The van der Waals surface area contributed by atoms with Crippen molar-refractivity contribution in [3.05, 3.63) is 24.0 Å². The van der Waals surface area contributed by atoms with E-state index in [1.165, 1.54) is 0 Å². The molecule has 2 atom stereocenters. The summed E-state index contributed by atoms with van der Waals surface area (Å²) in [6.45, 7) is 9.16. The normalized spacial score (nSPS) is 14.0. The highest BCUT2D eigenvalue weighted by atomic mass is 16.6. The minimum atomic E-state index is -0.508. The molecule has 1 aromatic heterocycles. The smallest absolute Gasteiger partial charge is 0.407 e. The van der Waals surface area contributed by atoms with E-state index in [9.17, 15) is 4.79 Å². The number of aromatic nitrogens is 1. The SMILES string of the molecule is CC(CCc1ncccc1O[C@H](C)CO)NC(=O)OC(C)(C)C. The van der Waals surface area contributed by atoms with Gasteiger partial charge in [-0.15, -0.1) is 0 Å². The monoisotopic (exact) mass is 324 g/mol. The maximum Gasteiger partial charge on any atom is 0.407 e. The first kappa shape index (κ1) is 19.2. The molecule has 6 nitrogen and oxygen atoms in total. The lowest BCUT2D eigenvalue weighted by Crippen LogP contribution is -2.37. The number of amides is 1. The van der Waals surface area contributed by atoms with Crippen molar-refractivity contribution in [3.8, 4) is 5.75 Å². The molecule has 0 spiro atoms. The third-order valence-electron chi connectivity index (χ3n) is 3.01. The van der Waals surface area contributed by atoms with E-state index < -0.39 is 11.7 Å². The van der Waals surface area contributed by atoms with Gasteiger partial charge < -0.3 is 19.9 Å². The molecule has 1 amide bonds. The van der Waals surface area contributed by atoms with Gasteiger partial charge in [-0.05, 0) is 59.6 Å². The number of alkyl carbamates (subject to hydrolysis) is 1. The molecule has 0 saturated heterocycles. The van der Waals surface area contributed by atoms with Gasteiger partial charge in [0.15, 0.2) is 0 Å². The predicted molar refractivity (Wildman–Crippen MR) is 88.6 cm³/mol. The molecule has 6 heteroatoms. The van der Waals surface area contributed by atoms with Crippen molar-refractivity contribution < 1.29 is 19.4 Å². The molecule has 1 heterocycles. The Bertz CT molecular complexity index is 500. The number of pyridine rings is 1. The zero-order chi connectivity index (χ0) is 17.5. The number of nitrogens with one attached hydrogen (secondary N) is 1. The maximum atomic E-state index is 11.7. The standard InChI is InChI=1S/C17H28N2O4/c1-12(19-16(21)23-17(3,4)5)8-9-14-15(7-6-10-18-14)22-13(2)11-20/h6-7,10,12-13,20H,8-9,11H2,1-5H3,(H,19,21)/t12?,13-/m1/s1. The molecule has 0 aliphatic rings. The number of carbonyl (C=O) groups excluding carboxylic acids is 1. The highest BCUT2D eigenvalue weighted by Crippen LogP contribution is 2.19. The van der Waals surface area contributed by atoms with Gasteiger partial charge in [0.25, 0.3) is 0 Å². The molecule has 0 bridgehead atoms. The average molecular weight is 324 g/mol. The van der Waals surface area contributed by atoms with Gasteiger partial charge >= 0.3 is 6.09 Å². The lowest BCUT2D eigenvalue weighted by Gasteiger charge is -2.22. The fourth-order valence-electron chi connectivity index (χ4n) is 1.91. The topological polar surface area (TPSA) is 80.7 Å². The Morgan fingerprint density at radius 2 is 2.09 bits per heavy atom. The Kier molecular flexibility index (Phi) is 7.29. The van der Waals surface area contributed by atoms with Gasteiger partial charge in [-0.2, -0.15) is 0 Å². The summed E-state index contributed by atoms with van der Waals surface area (Å²) in [5.41, 5.74) is 0.303. The van der Waals surface area contributed by atoms with Crippen molar-refractivity contribution in [2.24, 2.45) is 0 Å². The Morgan fingerprint density at radius 3 is 2.70 bits per heavy atom. The van der Waals surface area contributed by atoms with E-state index in [2.05, 4.69) is 10.3 Å². The van der Waals surface area contributed by atoms with Crippen molar-refractivity contribution in [2.45, 2.75) is 65.2 Å². The van der Waals surface area contributed by atoms with Crippen LogP contribution in [0.1, 0.15) is 46.7 Å². The molecule has 1 aromatic rings. The molecule has 0 radical (unpaired) electrons. The molecule has 23 heavy (non-hydrogen) atoms. The molecule has 1 rings (SSSR count). The van der Waals surface area contributed by atoms with E-state index >= 15 is 0 Å². The molecular weight excluding hydrogens is 296 g/mol. The fourth-order valence-corrected chi connectivity index (χ4v) is 1.91. The van der Waals surface area contributed by atoms with Crippen LogP contribution in [0.4, 0.5) is 4.79 Å². The molecule has 0 aliphatic carbocycles. The van der Waals surface area contributed by atoms with E-state index in [0.717, 1.165) is 5.69 Å². The number of nitrogens with zero attached hydrogens (tertiary/aromatic N) is 1. The highest BCUT2D eigenvalue weighted by molar-refractivity contribution is 5.68. The molecular formula is C17H28N2O4. The van der Waals surface area contributed by atoms with Crippen LogP contribution in [-0.2, 0) is 11.2 Å². The second-order valence-electron chi connectivity index (χ2n) is 6.65. The molecule has 2 N–H and O–H groups in total. The number of rotatable bonds is 7. The van der Waals surface area contributed by atoms with Crippen LogP contribution in [-0.4, -0.2) is 40.5 Å². The zero-order valence-corrected chi connectivity index (χ0v) is 14.6. The first-order valence-electron chi connectivity index (χ1n) is 7.92. The van der Waals surface area contributed by atoms with Crippen molar-refractivity contribution in [2.75, 3.05) is 6.61 Å². The second kappa shape index (κ2) is 8.72. The van der Waals surface area contributed by atoms with Crippen molar-refractivity contribution in [3.63, 3.8) is 0 Å². The van der Waals surface area contributed by atoms with Crippen LogP contribution in [0.2, 0.25) is 0 Å². The number of aryl methyl sites for hydroxylation is 1. The molecule has 0 fully saturated rings. The summed E-state index contributed by atoms with van der Waals surface area (Å²) in [5.74, 6) is 0.665. The van der Waals surface area contributed by atoms with Crippen LogP contribution in [0.5, 0.6) is 5.75 Å². The van der Waals surface area contributed by atoms with Crippen LogP contribution in [0.15, 0.2) is 18.3 Å². The molecule has 0 aliphatic heterocycles. The van der Waals surface area contributed by atoms with Gasteiger partial charge in [0.2, 0.25) is 0 Å². The number of aliphatic hydroxyl groups is 1. The Hall–Kier alpha value is -1.82. The molecule has 1 unspecified atom stereocenters. The zero-order valence-electron chi connectivity index (χ0n) is 14.6. The summed E-state index contributed by atoms with van der Waals surface area (Å²) in [6.07, 6.45) is 2.37. The van der Waals surface area contributed by atoms with Gasteiger partial charge in [0, 0.05) is 12.2 Å². The molecule has 0 aromatic carbocycles. The van der Waals surface area contributed by atoms with E-state index in [-0.39, 0.29) is 18.8 Å². The highest BCUT2D eigenvalue weighted by Gasteiger charge is 2.18. The Morgan fingerprint density at radius 1 is 1.39 bits per heavy atom. The third-order valence-corrected chi connectivity index (χ3v) is 3.01. The summed E-state index contributed by atoms with van der Waals surface area (Å²) in [5, 5.41) is 11.9. The van der Waals surface area contributed by atoms with Crippen LogP contribution >= 0.6 is 0 Å². The number of hydrogen-bond acceptors (Lipinski definition) is 5. The Balaban J connectivity index is 2.53. The largest absolute Gasteiger partial charge is 0.486 e. The van der Waals surface area contributed by atoms with Gasteiger partial charge in [0.1, 0.15) is 17.5 Å². The number of aliphatic hydroxyl groups excluding tert-OH is 1. The van der Waals surface area contributed by atoms with Gasteiger partial charge in [-0.25, -0.2) is 4.79 Å². The lowest BCUT2D eigenvalue weighted by molar-refractivity contribution is 0.0506. The molecule has 130 valence electrons. The predicted octanol–water partition coefficient (Wildman–Crippen LogP) is 2.69. The average Bonchev–Trinajstić information content (AvgIpc) is 2.44. The van der Waals surface area contributed by atoms with Crippen LogP contribution in [0.3, 0.4) is 0 Å². The number of carbonyl (C=O) groups is 1. The summed E-state index contributed by atoms with van der Waals surface area (Å²) in [7, 11) is 0. The maximum absolute atomic E-state index is 11.7. The second-order valence-corrected chi connectivity index (χ2v) is 6.65. The summed E-state index contributed by atoms with van der Waals surface area (Å²) in [4.78, 5) is 16.1. The minimum absolute atomic E-state index is 0.0463. The van der Waals surface area contributed by atoms with Crippen LogP contribution in [0.25, 0.3) is 0 Å². The number of ether oxygens (including phenoxy) is 2. The minimum Gasteiger partial charge on any atom is -0.486 e. The van der Waals surface area contributed by atoms with E-state index in [0.29, 0.717) is 18.6 Å². The quantitative estimate of drug-likeness (QED) is 0.806. The third kappa shape index (κ3) is 7.83. The fraction of sp³-hybridized carbons (Fsp3) is 0.647. The van der Waals surface area contributed by atoms with E-state index in [1.54, 1.807) is 19.2 Å². The van der Waals surface area contributed by atoms with Gasteiger partial charge in [-0.3, -0.25) is 4.98 Å². The van der Waals surface area contributed by atoms with E-state index in [4.69, 9.17) is 14.6 Å². The van der Waals surface area contributed by atoms with Gasteiger partial charge in [-0.1, -0.05) is 0 Å². The van der Waals surface area contributed by atoms with Crippen LogP contribution in [0, 0.1) is 0 Å². The molecule has 0 saturated carbocycles. The summed E-state index contributed by atoms with van der Waals surface area (Å²) in [6, 6.07) is 3.58. The lowest BCUT2D eigenvalue weighted by atomic mass is 10.1. The van der Waals surface area contributed by atoms with Crippen molar-refractivity contribution >= 4 is 6.09 Å². The van der Waals surface area contributed by atoms with Crippen molar-refractivity contribution in [1.29, 1.82) is 0 Å². The van der Waals surface area contributed by atoms with Gasteiger partial charge in [0.05, 0.1) is 12.3 Å². The van der Waals surface area contributed by atoms with E-state index in [1.807, 2.05) is 33.8 Å². The van der Waals surface area contributed by atoms with Crippen LogP contribution < -0.4 is 10.1 Å². The summed E-state index contributed by atoms with van der Waals surface area (Å²) >= 11 is 0. The Labute approximate surface area is 138 Å². The summed E-state index contributed by atoms with van der Waals surface area (Å²) < 4.78 is 10.9. The first-order chi connectivity index (χ1) is 10.7.